The number of nitrogens with one attached hydrogen (secondary N) is 1. The zero-order chi connectivity index (χ0) is 19.6. The highest BCUT2D eigenvalue weighted by Crippen LogP contribution is 2.16. The number of amides is 2. The minimum absolute atomic E-state index is 0.0680. The predicted molar refractivity (Wildman–Crippen MR) is 98.8 cm³/mol. The normalized spacial score (nSPS) is 16.6. The van der Waals surface area contributed by atoms with Crippen LogP contribution in [-0.2, 0) is 17.9 Å². The maximum absolute atomic E-state index is 13.3. The third-order valence-electron chi connectivity index (χ3n) is 4.77. The van der Waals surface area contributed by atoms with Gasteiger partial charge in [-0.05, 0) is 43.7 Å². The molecule has 2 aromatic rings. The maximum atomic E-state index is 13.3. The molecular formula is C20H22FN3O3. The Bertz CT molecular complexity index is 938. The lowest BCUT2D eigenvalue weighted by Crippen LogP contribution is -2.40. The van der Waals surface area contributed by atoms with Gasteiger partial charge in [-0.1, -0.05) is 12.1 Å². The standard InChI is InChI=1S/C20H22FN3O3/c1-3-24-13(2)7-8-17(20(24)27)19(26)22-16-10-18(25)23(12-16)11-14-5-4-6-15(21)9-14/h4-9,16H,3,10-12H2,1-2H3,(H,22,26). The van der Waals surface area contributed by atoms with Crippen molar-refractivity contribution in [2.24, 2.45) is 0 Å². The molecule has 0 aliphatic carbocycles. The van der Waals surface area contributed by atoms with Crippen molar-refractivity contribution in [1.82, 2.24) is 14.8 Å². The number of pyridine rings is 1. The van der Waals surface area contributed by atoms with Crippen molar-refractivity contribution in [3.05, 3.63) is 69.4 Å². The Labute approximate surface area is 156 Å². The summed E-state index contributed by atoms with van der Waals surface area (Å²) in [5.74, 6) is -0.942. The minimum atomic E-state index is -0.479. The molecule has 7 heteroatoms. The van der Waals surface area contributed by atoms with Gasteiger partial charge in [0.1, 0.15) is 11.4 Å². The van der Waals surface area contributed by atoms with Crippen molar-refractivity contribution >= 4 is 11.8 Å². The molecule has 2 amide bonds. The molecular weight excluding hydrogens is 349 g/mol. The van der Waals surface area contributed by atoms with Crippen LogP contribution in [0.2, 0.25) is 0 Å². The second-order valence-electron chi connectivity index (χ2n) is 6.72. The first-order chi connectivity index (χ1) is 12.9. The molecule has 142 valence electrons. The van der Waals surface area contributed by atoms with E-state index in [-0.39, 0.29) is 41.9 Å². The summed E-state index contributed by atoms with van der Waals surface area (Å²) in [6.45, 7) is 4.75. The maximum Gasteiger partial charge on any atom is 0.263 e. The molecule has 1 fully saturated rings. The number of aromatic nitrogens is 1. The van der Waals surface area contributed by atoms with E-state index >= 15 is 0 Å². The van der Waals surface area contributed by atoms with Crippen molar-refractivity contribution in [3.8, 4) is 0 Å². The highest BCUT2D eigenvalue weighted by Gasteiger charge is 2.31. The molecule has 1 aromatic heterocycles. The highest BCUT2D eigenvalue weighted by molar-refractivity contribution is 5.94. The summed E-state index contributed by atoms with van der Waals surface area (Å²) in [4.78, 5) is 38.7. The van der Waals surface area contributed by atoms with Gasteiger partial charge in [0.25, 0.3) is 11.5 Å². The summed E-state index contributed by atoms with van der Waals surface area (Å²) < 4.78 is 14.8. The molecule has 0 spiro atoms. The third kappa shape index (κ3) is 4.07. The van der Waals surface area contributed by atoms with Gasteiger partial charge >= 0.3 is 0 Å². The van der Waals surface area contributed by atoms with Crippen LogP contribution in [0, 0.1) is 12.7 Å². The highest BCUT2D eigenvalue weighted by atomic mass is 19.1. The van der Waals surface area contributed by atoms with Gasteiger partial charge in [0.2, 0.25) is 5.91 Å². The molecule has 3 rings (SSSR count). The van der Waals surface area contributed by atoms with Crippen LogP contribution in [0.15, 0.2) is 41.2 Å². The average Bonchev–Trinajstić information content (AvgIpc) is 2.94. The van der Waals surface area contributed by atoms with Gasteiger partial charge in [0.15, 0.2) is 0 Å². The smallest absolute Gasteiger partial charge is 0.263 e. The van der Waals surface area contributed by atoms with E-state index in [1.807, 2.05) is 13.8 Å². The molecule has 0 saturated carbocycles. The van der Waals surface area contributed by atoms with Gasteiger partial charge < -0.3 is 14.8 Å². The number of halogens is 1. The van der Waals surface area contributed by atoms with Crippen LogP contribution < -0.4 is 10.9 Å². The number of hydrogen-bond acceptors (Lipinski definition) is 3. The van der Waals surface area contributed by atoms with Crippen LogP contribution in [-0.4, -0.2) is 33.9 Å². The van der Waals surface area contributed by atoms with Gasteiger partial charge in [0, 0.05) is 31.7 Å². The molecule has 27 heavy (non-hydrogen) atoms. The topological polar surface area (TPSA) is 71.4 Å². The van der Waals surface area contributed by atoms with Crippen molar-refractivity contribution in [2.45, 2.75) is 39.4 Å². The van der Waals surface area contributed by atoms with Crippen LogP contribution in [0.3, 0.4) is 0 Å². The number of aryl methyl sites for hydroxylation is 1. The largest absolute Gasteiger partial charge is 0.347 e. The predicted octanol–water partition coefficient (Wildman–Crippen LogP) is 1.85. The van der Waals surface area contributed by atoms with Gasteiger partial charge in [0.05, 0.1) is 6.04 Å². The van der Waals surface area contributed by atoms with E-state index in [1.165, 1.54) is 22.8 Å². The van der Waals surface area contributed by atoms with E-state index < -0.39 is 5.91 Å². The molecule has 0 radical (unpaired) electrons. The molecule has 1 aliphatic heterocycles. The first kappa shape index (κ1) is 18.8. The average molecular weight is 371 g/mol. The molecule has 0 bridgehead atoms. The number of likely N-dealkylation sites (tertiary alicyclic amines) is 1. The molecule has 1 unspecified atom stereocenters. The van der Waals surface area contributed by atoms with Crippen LogP contribution in [0.25, 0.3) is 0 Å². The van der Waals surface area contributed by atoms with E-state index in [0.29, 0.717) is 18.7 Å². The monoisotopic (exact) mass is 371 g/mol. The van der Waals surface area contributed by atoms with Gasteiger partial charge in [-0.2, -0.15) is 0 Å². The SMILES string of the molecule is CCn1c(C)ccc(C(=O)NC2CC(=O)N(Cc3cccc(F)c3)C2)c1=O. The van der Waals surface area contributed by atoms with Crippen LogP contribution in [0.5, 0.6) is 0 Å². The Morgan fingerprint density at radius 3 is 2.74 bits per heavy atom. The second kappa shape index (κ2) is 7.73. The number of rotatable bonds is 5. The molecule has 6 nitrogen and oxygen atoms in total. The number of nitrogens with zero attached hydrogens (tertiary/aromatic N) is 2. The van der Waals surface area contributed by atoms with E-state index in [9.17, 15) is 18.8 Å². The van der Waals surface area contributed by atoms with Crippen LogP contribution in [0.1, 0.15) is 35.0 Å². The molecule has 1 N–H and O–H groups in total. The van der Waals surface area contributed by atoms with Crippen LogP contribution >= 0.6 is 0 Å². The Balaban J connectivity index is 1.68. The van der Waals surface area contributed by atoms with E-state index in [4.69, 9.17) is 0 Å². The van der Waals surface area contributed by atoms with E-state index in [0.717, 1.165) is 5.69 Å². The van der Waals surface area contributed by atoms with E-state index in [2.05, 4.69) is 5.32 Å². The minimum Gasteiger partial charge on any atom is -0.347 e. The number of carbonyl (C=O) groups is 2. The lowest BCUT2D eigenvalue weighted by Gasteiger charge is -2.17. The number of carbonyl (C=O) groups excluding carboxylic acids is 2. The zero-order valence-electron chi connectivity index (χ0n) is 15.4. The molecule has 1 aromatic carbocycles. The van der Waals surface area contributed by atoms with E-state index in [1.54, 1.807) is 23.1 Å². The summed E-state index contributed by atoms with van der Waals surface area (Å²) >= 11 is 0. The zero-order valence-corrected chi connectivity index (χ0v) is 15.4. The molecule has 2 heterocycles. The summed E-state index contributed by atoms with van der Waals surface area (Å²) in [6, 6.07) is 8.95. The van der Waals surface area contributed by atoms with Gasteiger partial charge in [-0.25, -0.2) is 4.39 Å². The lowest BCUT2D eigenvalue weighted by atomic mass is 10.2. The fraction of sp³-hybridized carbons (Fsp3) is 0.350. The van der Waals surface area contributed by atoms with Crippen molar-refractivity contribution < 1.29 is 14.0 Å². The fourth-order valence-corrected chi connectivity index (χ4v) is 3.38. The van der Waals surface area contributed by atoms with Crippen LogP contribution in [0.4, 0.5) is 4.39 Å². The van der Waals surface area contributed by atoms with Crippen molar-refractivity contribution in [1.29, 1.82) is 0 Å². The molecule has 1 aliphatic rings. The Kier molecular flexibility index (Phi) is 5.39. The number of hydrogen-bond donors (Lipinski definition) is 1. The first-order valence-corrected chi connectivity index (χ1v) is 8.92. The van der Waals surface area contributed by atoms with Gasteiger partial charge in [-0.15, -0.1) is 0 Å². The second-order valence-corrected chi connectivity index (χ2v) is 6.72. The summed E-state index contributed by atoms with van der Waals surface area (Å²) in [5, 5.41) is 2.78. The molecule has 1 atom stereocenters. The first-order valence-electron chi connectivity index (χ1n) is 8.92. The number of benzene rings is 1. The van der Waals surface area contributed by atoms with Crippen molar-refractivity contribution in [3.63, 3.8) is 0 Å². The summed E-state index contributed by atoms with van der Waals surface area (Å²) in [6.07, 6.45) is 0.162. The summed E-state index contributed by atoms with van der Waals surface area (Å²) in [7, 11) is 0. The fourth-order valence-electron chi connectivity index (χ4n) is 3.38. The Morgan fingerprint density at radius 1 is 1.26 bits per heavy atom. The third-order valence-corrected chi connectivity index (χ3v) is 4.77. The lowest BCUT2D eigenvalue weighted by molar-refractivity contribution is -0.128. The van der Waals surface area contributed by atoms with Gasteiger partial charge in [-0.3, -0.25) is 14.4 Å². The Morgan fingerprint density at radius 2 is 2.04 bits per heavy atom. The summed E-state index contributed by atoms with van der Waals surface area (Å²) in [5.41, 5.74) is 1.21. The van der Waals surface area contributed by atoms with Crippen molar-refractivity contribution in [2.75, 3.05) is 6.54 Å². The quantitative estimate of drug-likeness (QED) is 0.872. The Hall–Kier alpha value is -2.96. The molecule has 1 saturated heterocycles.